The number of hydroxylamine groups is 1. The van der Waals surface area contributed by atoms with Crippen LogP contribution in [-0.4, -0.2) is 36.8 Å². The zero-order valence-electron chi connectivity index (χ0n) is 10.1. The van der Waals surface area contributed by atoms with Gasteiger partial charge in [-0.3, -0.25) is 0 Å². The molecule has 0 aliphatic rings. The van der Waals surface area contributed by atoms with E-state index in [9.17, 15) is 9.59 Å². The van der Waals surface area contributed by atoms with Crippen LogP contribution in [0.25, 0.3) is 0 Å². The highest BCUT2D eigenvalue weighted by atomic mass is 16.7. The topological polar surface area (TPSA) is 67.9 Å². The molecule has 0 spiro atoms. The van der Waals surface area contributed by atoms with Crippen LogP contribution in [0.5, 0.6) is 0 Å². The quantitative estimate of drug-likeness (QED) is 0.735. The lowest BCUT2D eigenvalue weighted by atomic mass is 10.4. The molecule has 0 unspecified atom stereocenters. The third-order valence-electron chi connectivity index (χ3n) is 1.74. The number of rotatable bonds is 5. The minimum Gasteiger partial charge on any atom is -0.448 e. The van der Waals surface area contributed by atoms with E-state index in [1.165, 1.54) is 4.90 Å². The molecule has 6 heteroatoms. The minimum absolute atomic E-state index is 0.233. The van der Waals surface area contributed by atoms with Gasteiger partial charge >= 0.3 is 12.2 Å². The van der Waals surface area contributed by atoms with Crippen LogP contribution in [0.2, 0.25) is 0 Å². The van der Waals surface area contributed by atoms with Gasteiger partial charge in [-0.15, -0.1) is 5.48 Å². The van der Waals surface area contributed by atoms with E-state index in [0.29, 0.717) is 13.1 Å². The van der Waals surface area contributed by atoms with Gasteiger partial charge in [-0.2, -0.15) is 0 Å². The zero-order valence-corrected chi connectivity index (χ0v) is 10.1. The Morgan fingerprint density at radius 2 is 1.69 bits per heavy atom. The van der Waals surface area contributed by atoms with Crippen molar-refractivity contribution in [3.63, 3.8) is 0 Å². The van der Waals surface area contributed by atoms with Crippen LogP contribution in [0.15, 0.2) is 0 Å². The minimum atomic E-state index is -0.760. The maximum Gasteiger partial charge on any atom is 0.440 e. The van der Waals surface area contributed by atoms with E-state index in [2.05, 4.69) is 9.57 Å². The maximum atomic E-state index is 11.5. The fourth-order valence-electron chi connectivity index (χ4n) is 1.14. The molecule has 0 bridgehead atoms. The molecule has 0 aromatic carbocycles. The number of ether oxygens (including phenoxy) is 1. The molecule has 0 aromatic rings. The molecule has 2 amide bonds. The van der Waals surface area contributed by atoms with Crippen molar-refractivity contribution in [2.24, 2.45) is 0 Å². The number of nitrogens with one attached hydrogen (secondary N) is 1. The Morgan fingerprint density at radius 1 is 1.12 bits per heavy atom. The van der Waals surface area contributed by atoms with Crippen molar-refractivity contribution in [1.82, 2.24) is 10.4 Å². The molecule has 0 atom stereocenters. The molecule has 94 valence electrons. The van der Waals surface area contributed by atoms with Gasteiger partial charge in [0.25, 0.3) is 0 Å². The first-order chi connectivity index (χ1) is 7.65. The van der Waals surface area contributed by atoms with E-state index in [1.807, 2.05) is 19.3 Å². The van der Waals surface area contributed by atoms with Crippen LogP contribution in [-0.2, 0) is 9.57 Å². The van der Waals surface area contributed by atoms with Gasteiger partial charge in [0.15, 0.2) is 0 Å². The summed E-state index contributed by atoms with van der Waals surface area (Å²) in [6.45, 7) is 7.05. The average molecular weight is 232 g/mol. The summed E-state index contributed by atoms with van der Waals surface area (Å²) in [5, 5.41) is 0. The number of nitrogens with zero attached hydrogens (tertiary/aromatic N) is 1. The monoisotopic (exact) mass is 232 g/mol. The number of hydrogen-bond donors (Lipinski definition) is 1. The van der Waals surface area contributed by atoms with Crippen molar-refractivity contribution in [3.8, 4) is 0 Å². The van der Waals surface area contributed by atoms with Gasteiger partial charge in [0.1, 0.15) is 0 Å². The summed E-state index contributed by atoms with van der Waals surface area (Å²) in [6.07, 6.45) is 0.365. The first-order valence-corrected chi connectivity index (χ1v) is 5.54. The first kappa shape index (κ1) is 14.5. The summed E-state index contributed by atoms with van der Waals surface area (Å²) in [6, 6.07) is 0. The van der Waals surface area contributed by atoms with E-state index < -0.39 is 12.2 Å². The number of carbonyl (C=O) groups excluding carboxylic acids is 2. The van der Waals surface area contributed by atoms with Crippen molar-refractivity contribution in [2.45, 2.75) is 33.6 Å². The first-order valence-electron chi connectivity index (χ1n) is 5.54. The van der Waals surface area contributed by atoms with Crippen LogP contribution < -0.4 is 5.48 Å². The second-order valence-corrected chi connectivity index (χ2v) is 3.18. The lowest BCUT2D eigenvalue weighted by Crippen LogP contribution is -2.38. The van der Waals surface area contributed by atoms with E-state index in [4.69, 9.17) is 0 Å². The Labute approximate surface area is 95.8 Å². The molecule has 1 N–H and O–H groups in total. The zero-order chi connectivity index (χ0) is 12.4. The van der Waals surface area contributed by atoms with Gasteiger partial charge in [-0.25, -0.2) is 9.59 Å². The molecule has 6 nitrogen and oxygen atoms in total. The van der Waals surface area contributed by atoms with Crippen LogP contribution in [0.4, 0.5) is 9.59 Å². The molecule has 16 heavy (non-hydrogen) atoms. The average Bonchev–Trinajstić information content (AvgIpc) is 2.26. The predicted molar refractivity (Wildman–Crippen MR) is 58.8 cm³/mol. The maximum absolute atomic E-state index is 11.5. The van der Waals surface area contributed by atoms with Gasteiger partial charge in [0.05, 0.1) is 6.61 Å². The van der Waals surface area contributed by atoms with Crippen molar-refractivity contribution in [1.29, 1.82) is 0 Å². The Morgan fingerprint density at radius 3 is 2.12 bits per heavy atom. The molecular weight excluding hydrogens is 212 g/mol. The molecule has 0 rings (SSSR count). The summed E-state index contributed by atoms with van der Waals surface area (Å²) in [5.74, 6) is 0. The van der Waals surface area contributed by atoms with E-state index >= 15 is 0 Å². The van der Waals surface area contributed by atoms with Crippen LogP contribution >= 0.6 is 0 Å². The second kappa shape index (κ2) is 8.82. The fourth-order valence-corrected chi connectivity index (χ4v) is 1.14. The SMILES string of the molecule is CCCN(CCC)C(=O)ONC(=O)OCC. The number of carbonyl (C=O) groups is 2. The number of amides is 2. The van der Waals surface area contributed by atoms with Crippen LogP contribution in [0.1, 0.15) is 33.6 Å². The van der Waals surface area contributed by atoms with Crippen molar-refractivity contribution < 1.29 is 19.2 Å². The molecule has 0 heterocycles. The van der Waals surface area contributed by atoms with Gasteiger partial charge in [-0.1, -0.05) is 13.8 Å². The van der Waals surface area contributed by atoms with Crippen molar-refractivity contribution >= 4 is 12.2 Å². The molecule has 0 aliphatic carbocycles. The molecule has 0 saturated heterocycles. The largest absolute Gasteiger partial charge is 0.448 e. The van der Waals surface area contributed by atoms with Gasteiger partial charge < -0.3 is 14.5 Å². The normalized spacial score (nSPS) is 9.44. The standard InChI is InChI=1S/C10H20N2O4/c1-4-7-12(8-5-2)10(14)16-11-9(13)15-6-3/h4-8H2,1-3H3,(H,11,13). The highest BCUT2D eigenvalue weighted by Gasteiger charge is 2.14. The highest BCUT2D eigenvalue weighted by Crippen LogP contribution is 1.97. The van der Waals surface area contributed by atoms with E-state index in [1.54, 1.807) is 6.92 Å². The Hall–Kier alpha value is -1.46. The highest BCUT2D eigenvalue weighted by molar-refractivity contribution is 5.71. The number of hydrogen-bond acceptors (Lipinski definition) is 4. The predicted octanol–water partition coefficient (Wildman–Crippen LogP) is 1.91. The molecule has 0 fully saturated rings. The summed E-state index contributed by atoms with van der Waals surface area (Å²) in [7, 11) is 0. The van der Waals surface area contributed by atoms with Gasteiger partial charge in [-0.05, 0) is 19.8 Å². The van der Waals surface area contributed by atoms with Gasteiger partial charge in [0, 0.05) is 13.1 Å². The molecule has 0 saturated carbocycles. The summed E-state index contributed by atoms with van der Waals surface area (Å²) in [5.41, 5.74) is 1.93. The lowest BCUT2D eigenvalue weighted by molar-refractivity contribution is 0.0433. The van der Waals surface area contributed by atoms with Crippen molar-refractivity contribution in [3.05, 3.63) is 0 Å². The Kier molecular flexibility index (Phi) is 8.01. The van der Waals surface area contributed by atoms with Crippen molar-refractivity contribution in [2.75, 3.05) is 19.7 Å². The smallest absolute Gasteiger partial charge is 0.440 e. The molecular formula is C10H20N2O4. The van der Waals surface area contributed by atoms with E-state index in [-0.39, 0.29) is 6.61 Å². The summed E-state index contributed by atoms with van der Waals surface area (Å²) in [4.78, 5) is 28.4. The van der Waals surface area contributed by atoms with Crippen LogP contribution in [0.3, 0.4) is 0 Å². The van der Waals surface area contributed by atoms with Crippen LogP contribution in [0, 0.1) is 0 Å². The van der Waals surface area contributed by atoms with E-state index in [0.717, 1.165) is 12.8 Å². The Bertz CT molecular complexity index is 215. The second-order valence-electron chi connectivity index (χ2n) is 3.18. The summed E-state index contributed by atoms with van der Waals surface area (Å²) >= 11 is 0. The summed E-state index contributed by atoms with van der Waals surface area (Å²) < 4.78 is 4.55. The molecule has 0 radical (unpaired) electrons. The Balaban J connectivity index is 3.94. The fraction of sp³-hybridized carbons (Fsp3) is 0.800. The third kappa shape index (κ3) is 6.10. The molecule has 0 aromatic heterocycles. The lowest BCUT2D eigenvalue weighted by Gasteiger charge is -2.19. The van der Waals surface area contributed by atoms with Gasteiger partial charge in [0.2, 0.25) is 0 Å². The molecule has 0 aliphatic heterocycles. The third-order valence-corrected chi connectivity index (χ3v) is 1.74.